The maximum atomic E-state index is 12.2. The Bertz CT molecular complexity index is 521. The molecule has 2 amide bonds. The van der Waals surface area contributed by atoms with Crippen LogP contribution in [-0.4, -0.2) is 40.1 Å². The lowest BCUT2D eigenvalue weighted by Gasteiger charge is -2.30. The number of rotatable bonds is 2. The summed E-state index contributed by atoms with van der Waals surface area (Å²) >= 11 is 1.54. The molecule has 1 aliphatic heterocycles. The summed E-state index contributed by atoms with van der Waals surface area (Å²) in [5.41, 5.74) is 1.10. The van der Waals surface area contributed by atoms with E-state index in [1.165, 1.54) is 16.2 Å². The minimum Gasteiger partial charge on any atom is -0.481 e. The third-order valence-electron chi connectivity index (χ3n) is 3.87. The van der Waals surface area contributed by atoms with Crippen LogP contribution in [0.15, 0.2) is 0 Å². The van der Waals surface area contributed by atoms with E-state index in [1.54, 1.807) is 4.90 Å². The average Bonchev–Trinajstić information content (AvgIpc) is 2.99. The number of aromatic nitrogens is 1. The number of nitrogens with zero attached hydrogens (tertiary/aromatic N) is 2. The highest BCUT2D eigenvalue weighted by atomic mass is 32.1. The molecule has 1 atom stereocenters. The molecule has 7 heteroatoms. The quantitative estimate of drug-likeness (QED) is 0.873. The van der Waals surface area contributed by atoms with Crippen LogP contribution in [0.5, 0.6) is 0 Å². The number of fused-ring (bicyclic) bond motifs is 1. The largest absolute Gasteiger partial charge is 0.481 e. The number of carbonyl (C=O) groups is 2. The van der Waals surface area contributed by atoms with Crippen molar-refractivity contribution in [2.24, 2.45) is 5.92 Å². The smallest absolute Gasteiger partial charge is 0.323 e. The molecule has 1 aromatic rings. The van der Waals surface area contributed by atoms with Crippen LogP contribution in [0.25, 0.3) is 0 Å². The summed E-state index contributed by atoms with van der Waals surface area (Å²) in [6.45, 7) is 0.896. The van der Waals surface area contributed by atoms with Gasteiger partial charge in [0.1, 0.15) is 0 Å². The SMILES string of the molecule is O=C(O)C1CCCN(C(=O)Nc2nc3c(s2)CCC3)C1. The van der Waals surface area contributed by atoms with Gasteiger partial charge >= 0.3 is 12.0 Å². The fourth-order valence-electron chi connectivity index (χ4n) is 2.78. The van der Waals surface area contributed by atoms with Crippen molar-refractivity contribution >= 4 is 28.5 Å². The molecule has 1 saturated heterocycles. The number of aliphatic carboxylic acids is 1. The van der Waals surface area contributed by atoms with Crippen molar-refractivity contribution in [1.29, 1.82) is 0 Å². The predicted octanol–water partition coefficient (Wildman–Crippen LogP) is 1.96. The van der Waals surface area contributed by atoms with Crippen LogP contribution in [0, 0.1) is 5.92 Å². The number of hydrogen-bond donors (Lipinski definition) is 2. The minimum absolute atomic E-state index is 0.233. The van der Waals surface area contributed by atoms with Gasteiger partial charge in [0.25, 0.3) is 0 Å². The third-order valence-corrected chi connectivity index (χ3v) is 4.94. The summed E-state index contributed by atoms with van der Waals surface area (Å²) in [7, 11) is 0. The van der Waals surface area contributed by atoms with Crippen LogP contribution in [-0.2, 0) is 17.6 Å². The first-order valence-electron chi connectivity index (χ1n) is 6.91. The molecule has 20 heavy (non-hydrogen) atoms. The zero-order valence-corrected chi connectivity index (χ0v) is 11.9. The lowest BCUT2D eigenvalue weighted by molar-refractivity contribution is -0.143. The molecule has 1 unspecified atom stereocenters. The molecule has 2 aliphatic rings. The number of carboxylic acid groups (broad SMARTS) is 1. The van der Waals surface area contributed by atoms with Gasteiger partial charge in [-0.15, -0.1) is 11.3 Å². The lowest BCUT2D eigenvalue weighted by atomic mass is 9.99. The second kappa shape index (κ2) is 5.40. The molecule has 0 aromatic carbocycles. The molecule has 2 N–H and O–H groups in total. The van der Waals surface area contributed by atoms with E-state index in [0.29, 0.717) is 18.1 Å². The Morgan fingerprint density at radius 2 is 2.20 bits per heavy atom. The molecule has 108 valence electrons. The molecule has 0 radical (unpaired) electrons. The van der Waals surface area contributed by atoms with E-state index in [-0.39, 0.29) is 12.6 Å². The second-order valence-electron chi connectivity index (χ2n) is 5.30. The minimum atomic E-state index is -0.823. The summed E-state index contributed by atoms with van der Waals surface area (Å²) in [4.78, 5) is 30.4. The summed E-state index contributed by atoms with van der Waals surface area (Å²) in [6.07, 6.45) is 4.57. The zero-order valence-electron chi connectivity index (χ0n) is 11.1. The number of carboxylic acids is 1. The molecular weight excluding hydrogens is 278 g/mol. The molecule has 3 rings (SSSR count). The highest BCUT2D eigenvalue weighted by Crippen LogP contribution is 2.30. The summed E-state index contributed by atoms with van der Waals surface area (Å²) < 4.78 is 0. The first-order chi connectivity index (χ1) is 9.63. The Kier molecular flexibility index (Phi) is 3.60. The van der Waals surface area contributed by atoms with Crippen LogP contribution in [0.4, 0.5) is 9.93 Å². The van der Waals surface area contributed by atoms with E-state index in [1.807, 2.05) is 0 Å². The summed E-state index contributed by atoms with van der Waals surface area (Å²) in [6, 6.07) is -0.233. The van der Waals surface area contributed by atoms with Crippen molar-refractivity contribution in [2.75, 3.05) is 18.4 Å². The van der Waals surface area contributed by atoms with Crippen molar-refractivity contribution in [2.45, 2.75) is 32.1 Å². The van der Waals surface area contributed by atoms with Crippen LogP contribution >= 0.6 is 11.3 Å². The van der Waals surface area contributed by atoms with Crippen LogP contribution in [0.3, 0.4) is 0 Å². The molecular formula is C13H17N3O3S. The predicted molar refractivity (Wildman–Crippen MR) is 75.1 cm³/mol. The number of likely N-dealkylation sites (tertiary alicyclic amines) is 1. The summed E-state index contributed by atoms with van der Waals surface area (Å²) in [5, 5.41) is 12.5. The average molecular weight is 295 g/mol. The Hall–Kier alpha value is -1.63. The second-order valence-corrected chi connectivity index (χ2v) is 6.38. The maximum absolute atomic E-state index is 12.2. The van der Waals surface area contributed by atoms with Gasteiger partial charge in [0, 0.05) is 18.0 Å². The number of anilines is 1. The van der Waals surface area contributed by atoms with Gasteiger partial charge in [-0.1, -0.05) is 0 Å². The van der Waals surface area contributed by atoms with Crippen molar-refractivity contribution in [3.05, 3.63) is 10.6 Å². The van der Waals surface area contributed by atoms with E-state index in [9.17, 15) is 9.59 Å². The third kappa shape index (κ3) is 2.63. The molecule has 2 heterocycles. The van der Waals surface area contributed by atoms with Gasteiger partial charge in [-0.25, -0.2) is 9.78 Å². The first kappa shape index (κ1) is 13.4. The Balaban J connectivity index is 1.62. The fourth-order valence-corrected chi connectivity index (χ4v) is 3.82. The van der Waals surface area contributed by atoms with Crippen molar-refractivity contribution in [3.63, 3.8) is 0 Å². The van der Waals surface area contributed by atoms with Crippen LogP contribution in [0.2, 0.25) is 0 Å². The summed E-state index contributed by atoms with van der Waals surface area (Å²) in [5.74, 6) is -1.27. The Morgan fingerprint density at radius 3 is 2.95 bits per heavy atom. The standard InChI is InChI=1S/C13H17N3O3S/c17-11(18)8-3-2-6-16(7-8)13(19)15-12-14-9-4-1-5-10(9)20-12/h8H,1-7H2,(H,17,18)(H,14,15,19). The van der Waals surface area contributed by atoms with E-state index >= 15 is 0 Å². The number of piperidine rings is 1. The number of aryl methyl sites for hydroxylation is 2. The van der Waals surface area contributed by atoms with Crippen LogP contribution in [0.1, 0.15) is 29.8 Å². The molecule has 1 aromatic heterocycles. The fraction of sp³-hybridized carbons (Fsp3) is 0.615. The Morgan fingerprint density at radius 1 is 1.35 bits per heavy atom. The molecule has 0 spiro atoms. The highest BCUT2D eigenvalue weighted by Gasteiger charge is 2.28. The van der Waals surface area contributed by atoms with Crippen molar-refractivity contribution in [3.8, 4) is 0 Å². The number of carbonyl (C=O) groups excluding carboxylic acids is 1. The van der Waals surface area contributed by atoms with E-state index < -0.39 is 11.9 Å². The number of nitrogens with one attached hydrogen (secondary N) is 1. The van der Waals surface area contributed by atoms with E-state index in [4.69, 9.17) is 5.11 Å². The molecule has 1 aliphatic carbocycles. The molecule has 0 bridgehead atoms. The number of hydrogen-bond acceptors (Lipinski definition) is 4. The van der Waals surface area contributed by atoms with Crippen molar-refractivity contribution < 1.29 is 14.7 Å². The molecule has 0 saturated carbocycles. The van der Waals surface area contributed by atoms with Gasteiger partial charge in [0.05, 0.1) is 11.6 Å². The topological polar surface area (TPSA) is 82.5 Å². The van der Waals surface area contributed by atoms with Gasteiger partial charge in [-0.05, 0) is 32.1 Å². The van der Waals surface area contributed by atoms with Gasteiger partial charge in [-0.3, -0.25) is 10.1 Å². The van der Waals surface area contributed by atoms with Gasteiger partial charge in [0.15, 0.2) is 5.13 Å². The highest BCUT2D eigenvalue weighted by molar-refractivity contribution is 7.15. The van der Waals surface area contributed by atoms with Gasteiger partial charge in [-0.2, -0.15) is 0 Å². The number of urea groups is 1. The zero-order chi connectivity index (χ0) is 14.1. The molecule has 6 nitrogen and oxygen atoms in total. The normalized spacial score (nSPS) is 21.6. The Labute approximate surface area is 120 Å². The van der Waals surface area contributed by atoms with E-state index in [0.717, 1.165) is 31.4 Å². The van der Waals surface area contributed by atoms with E-state index in [2.05, 4.69) is 10.3 Å². The first-order valence-corrected chi connectivity index (χ1v) is 7.72. The maximum Gasteiger partial charge on any atom is 0.323 e. The van der Waals surface area contributed by atoms with Gasteiger partial charge in [0.2, 0.25) is 0 Å². The van der Waals surface area contributed by atoms with Gasteiger partial charge < -0.3 is 10.0 Å². The number of thiazole rings is 1. The molecule has 1 fully saturated rings. The van der Waals surface area contributed by atoms with Crippen LogP contribution < -0.4 is 5.32 Å². The monoisotopic (exact) mass is 295 g/mol. The number of amides is 2. The van der Waals surface area contributed by atoms with Crippen molar-refractivity contribution in [1.82, 2.24) is 9.88 Å². The lowest BCUT2D eigenvalue weighted by Crippen LogP contribution is -2.44.